The highest BCUT2D eigenvalue weighted by molar-refractivity contribution is 6.17. The number of pyridine rings is 1. The molecule has 0 bridgehead atoms. The van der Waals surface area contributed by atoms with Crippen molar-refractivity contribution in [1.29, 1.82) is 0 Å². The summed E-state index contributed by atoms with van der Waals surface area (Å²) in [5.74, 6) is -0.617. The molecule has 0 aromatic carbocycles. The molecule has 0 amide bonds. The fourth-order valence-corrected chi connectivity index (χ4v) is 1.13. The van der Waals surface area contributed by atoms with Crippen LogP contribution in [-0.4, -0.2) is 10.1 Å². The molecule has 1 aromatic rings. The molecule has 6 heteroatoms. The van der Waals surface area contributed by atoms with Gasteiger partial charge in [-0.25, -0.2) is 8.78 Å². The number of rotatable bonds is 2. The topological polar surface area (TPSA) is 59.1 Å². The molecule has 0 aliphatic heterocycles. The van der Waals surface area contributed by atoms with Gasteiger partial charge in [-0.1, -0.05) is 0 Å². The lowest BCUT2D eigenvalue weighted by atomic mass is 10.1. The number of anilines is 1. The van der Waals surface area contributed by atoms with E-state index in [1.807, 2.05) is 0 Å². The first-order valence-corrected chi connectivity index (χ1v) is 3.91. The largest absolute Gasteiger partial charge is 0.504 e. The Morgan fingerprint density at radius 3 is 2.69 bits per heavy atom. The summed E-state index contributed by atoms with van der Waals surface area (Å²) < 4.78 is 24.7. The van der Waals surface area contributed by atoms with Gasteiger partial charge in [0, 0.05) is 0 Å². The third-order valence-electron chi connectivity index (χ3n) is 1.56. The summed E-state index contributed by atoms with van der Waals surface area (Å²) in [5.41, 5.74) is 4.37. The van der Waals surface area contributed by atoms with Crippen molar-refractivity contribution in [2.24, 2.45) is 0 Å². The Hall–Kier alpha value is -1.10. The molecule has 0 aliphatic carbocycles. The molecular weight excluding hydrogens is 202 g/mol. The van der Waals surface area contributed by atoms with Crippen LogP contribution in [0.4, 0.5) is 14.5 Å². The molecule has 0 atom stereocenters. The highest BCUT2D eigenvalue weighted by atomic mass is 35.5. The minimum Gasteiger partial charge on any atom is -0.504 e. The van der Waals surface area contributed by atoms with Gasteiger partial charge in [-0.15, -0.1) is 11.6 Å². The van der Waals surface area contributed by atoms with E-state index < -0.39 is 17.7 Å². The first kappa shape index (κ1) is 9.98. The second-order valence-electron chi connectivity index (χ2n) is 2.35. The lowest BCUT2D eigenvalue weighted by Crippen LogP contribution is -2.02. The van der Waals surface area contributed by atoms with Crippen LogP contribution in [0.5, 0.6) is 5.75 Å². The van der Waals surface area contributed by atoms with Crippen molar-refractivity contribution < 1.29 is 13.9 Å². The highest BCUT2D eigenvalue weighted by Crippen LogP contribution is 2.33. The zero-order valence-electron chi connectivity index (χ0n) is 6.47. The van der Waals surface area contributed by atoms with Crippen molar-refractivity contribution in [3.05, 3.63) is 17.5 Å². The number of nitrogens with zero attached hydrogens (tertiary/aromatic N) is 1. The van der Waals surface area contributed by atoms with Crippen molar-refractivity contribution in [3.8, 4) is 5.75 Å². The zero-order valence-corrected chi connectivity index (χ0v) is 7.22. The van der Waals surface area contributed by atoms with Crippen LogP contribution in [0.15, 0.2) is 6.20 Å². The van der Waals surface area contributed by atoms with Crippen molar-refractivity contribution in [2.45, 2.75) is 12.3 Å². The molecule has 1 heterocycles. The Morgan fingerprint density at radius 1 is 1.62 bits per heavy atom. The summed E-state index contributed by atoms with van der Waals surface area (Å²) >= 11 is 5.37. The molecule has 72 valence electrons. The van der Waals surface area contributed by atoms with E-state index in [9.17, 15) is 8.78 Å². The average molecular weight is 209 g/mol. The number of hydrogen-bond acceptors (Lipinski definition) is 3. The maximum atomic E-state index is 12.4. The molecule has 1 rings (SSSR count). The maximum Gasteiger partial charge on any atom is 0.267 e. The van der Waals surface area contributed by atoms with E-state index in [1.54, 1.807) is 0 Å². The van der Waals surface area contributed by atoms with E-state index in [2.05, 4.69) is 4.98 Å². The molecule has 0 aliphatic rings. The molecule has 13 heavy (non-hydrogen) atoms. The molecule has 0 radical (unpaired) electrons. The lowest BCUT2D eigenvalue weighted by Gasteiger charge is -2.09. The summed E-state index contributed by atoms with van der Waals surface area (Å²) in [7, 11) is 0. The van der Waals surface area contributed by atoms with E-state index in [0.717, 1.165) is 6.20 Å². The Morgan fingerprint density at radius 2 is 2.23 bits per heavy atom. The summed E-state index contributed by atoms with van der Waals surface area (Å²) in [6.07, 6.45) is -1.79. The number of aromatic hydroxyl groups is 1. The Kier molecular flexibility index (Phi) is 2.87. The van der Waals surface area contributed by atoms with Crippen molar-refractivity contribution in [2.75, 3.05) is 5.73 Å². The number of nitrogen functional groups attached to an aromatic ring is 1. The summed E-state index contributed by atoms with van der Waals surface area (Å²) in [5, 5.41) is 9.01. The predicted octanol–water partition coefficient (Wildman–Crippen LogP) is 2.05. The van der Waals surface area contributed by atoms with Crippen LogP contribution in [0, 0.1) is 0 Å². The number of hydrogen-bond donors (Lipinski definition) is 2. The summed E-state index contributed by atoms with van der Waals surface area (Å²) in [6, 6.07) is 0. The molecule has 3 nitrogen and oxygen atoms in total. The van der Waals surface area contributed by atoms with Crippen LogP contribution in [-0.2, 0) is 5.88 Å². The second-order valence-corrected chi connectivity index (χ2v) is 2.62. The van der Waals surface area contributed by atoms with Crippen LogP contribution in [0.25, 0.3) is 0 Å². The molecule has 0 saturated carbocycles. The minimum atomic E-state index is -2.78. The van der Waals surface area contributed by atoms with Crippen LogP contribution in [0.2, 0.25) is 0 Å². The normalized spacial score (nSPS) is 10.8. The summed E-state index contributed by atoms with van der Waals surface area (Å²) in [6.45, 7) is 0. The quantitative estimate of drug-likeness (QED) is 0.732. The van der Waals surface area contributed by atoms with E-state index >= 15 is 0 Å². The standard InChI is InChI=1S/C7H7ClF2N2O/c8-1-3-5(7(9)10)6(11)4(13)2-12-3/h2,7,13H,1H2,(H2,11,12). The average Bonchev–Trinajstić information content (AvgIpc) is 2.08. The fraction of sp³-hybridized carbons (Fsp3) is 0.286. The van der Waals surface area contributed by atoms with Crippen molar-refractivity contribution >= 4 is 17.3 Å². The number of alkyl halides is 3. The van der Waals surface area contributed by atoms with Gasteiger partial charge in [-0.3, -0.25) is 4.98 Å². The van der Waals surface area contributed by atoms with Gasteiger partial charge in [0.05, 0.1) is 29.0 Å². The number of aromatic nitrogens is 1. The third kappa shape index (κ3) is 1.80. The first-order chi connectivity index (χ1) is 6.07. The number of nitrogens with two attached hydrogens (primary N) is 1. The van der Waals surface area contributed by atoms with Gasteiger partial charge in [-0.05, 0) is 0 Å². The molecule has 0 spiro atoms. The third-order valence-corrected chi connectivity index (χ3v) is 1.82. The second kappa shape index (κ2) is 3.74. The first-order valence-electron chi connectivity index (χ1n) is 3.38. The minimum absolute atomic E-state index is 0.00744. The van der Waals surface area contributed by atoms with Crippen molar-refractivity contribution in [3.63, 3.8) is 0 Å². The summed E-state index contributed by atoms with van der Waals surface area (Å²) in [4.78, 5) is 3.54. The van der Waals surface area contributed by atoms with Gasteiger partial charge in [0.1, 0.15) is 0 Å². The van der Waals surface area contributed by atoms with Crippen molar-refractivity contribution in [1.82, 2.24) is 4.98 Å². The van der Waals surface area contributed by atoms with Gasteiger partial charge in [-0.2, -0.15) is 0 Å². The fourth-order valence-electron chi connectivity index (χ4n) is 0.922. The maximum absolute atomic E-state index is 12.4. The van der Waals surface area contributed by atoms with Gasteiger partial charge in [0.25, 0.3) is 6.43 Å². The van der Waals surface area contributed by atoms with E-state index in [1.165, 1.54) is 0 Å². The number of halogens is 3. The van der Waals surface area contributed by atoms with Crippen LogP contribution in [0.3, 0.4) is 0 Å². The Balaban J connectivity index is 3.32. The highest BCUT2D eigenvalue weighted by Gasteiger charge is 2.19. The lowest BCUT2D eigenvalue weighted by molar-refractivity contribution is 0.150. The van der Waals surface area contributed by atoms with Crippen LogP contribution >= 0.6 is 11.6 Å². The van der Waals surface area contributed by atoms with Crippen LogP contribution in [0.1, 0.15) is 17.7 Å². The zero-order chi connectivity index (χ0) is 10.0. The molecule has 0 saturated heterocycles. The van der Waals surface area contributed by atoms with E-state index in [0.29, 0.717) is 0 Å². The molecular formula is C7H7ClF2N2O. The monoisotopic (exact) mass is 208 g/mol. The molecule has 0 fully saturated rings. The van der Waals surface area contributed by atoms with Crippen LogP contribution < -0.4 is 5.73 Å². The SMILES string of the molecule is Nc1c(O)cnc(CCl)c1C(F)F. The Bertz CT molecular complexity index is 320. The van der Waals surface area contributed by atoms with Gasteiger partial charge >= 0.3 is 0 Å². The van der Waals surface area contributed by atoms with Gasteiger partial charge in [0.2, 0.25) is 0 Å². The van der Waals surface area contributed by atoms with Gasteiger partial charge in [0.15, 0.2) is 5.75 Å². The van der Waals surface area contributed by atoms with Gasteiger partial charge < -0.3 is 10.8 Å². The Labute approximate surface area is 78.1 Å². The van der Waals surface area contributed by atoms with E-state index in [-0.39, 0.29) is 17.3 Å². The molecule has 0 unspecified atom stereocenters. The van der Waals surface area contributed by atoms with E-state index in [4.69, 9.17) is 22.4 Å². The predicted molar refractivity (Wildman–Crippen MR) is 44.8 cm³/mol. The molecule has 3 N–H and O–H groups in total. The smallest absolute Gasteiger partial charge is 0.267 e. The molecule has 1 aromatic heterocycles.